The summed E-state index contributed by atoms with van der Waals surface area (Å²) in [6.07, 6.45) is 3.50. The summed E-state index contributed by atoms with van der Waals surface area (Å²) in [4.78, 5) is 18.4. The van der Waals surface area contributed by atoms with Gasteiger partial charge in [-0.3, -0.25) is 4.79 Å². The van der Waals surface area contributed by atoms with E-state index in [0.29, 0.717) is 6.61 Å². The predicted molar refractivity (Wildman–Crippen MR) is 101 cm³/mol. The molecule has 0 saturated carbocycles. The quantitative estimate of drug-likeness (QED) is 0.764. The maximum absolute atomic E-state index is 12.2. The van der Waals surface area contributed by atoms with Crippen molar-refractivity contribution >= 4 is 35.1 Å². The molecule has 3 rings (SSSR count). The molecule has 4 nitrogen and oxygen atoms in total. The third-order valence-corrected chi connectivity index (χ3v) is 5.42. The molecule has 0 atom stereocenters. The third kappa shape index (κ3) is 4.85. The molecule has 0 spiro atoms. The minimum absolute atomic E-state index is 0.0829. The smallest absolute Gasteiger partial charge is 0.246 e. The molecule has 1 aromatic heterocycles. The van der Waals surface area contributed by atoms with Crippen molar-refractivity contribution < 1.29 is 9.53 Å². The van der Waals surface area contributed by atoms with Crippen molar-refractivity contribution in [1.29, 1.82) is 0 Å². The Labute approximate surface area is 150 Å². The van der Waals surface area contributed by atoms with E-state index in [9.17, 15) is 4.79 Å². The molecule has 0 N–H and O–H groups in total. The lowest BCUT2D eigenvalue weighted by Gasteiger charge is -2.25. The molecule has 1 aliphatic rings. The molecule has 1 amide bonds. The molecule has 0 radical (unpaired) electrons. The highest BCUT2D eigenvalue weighted by Crippen LogP contribution is 2.17. The van der Waals surface area contributed by atoms with Gasteiger partial charge in [0, 0.05) is 36.1 Å². The third-order valence-electron chi connectivity index (χ3n) is 3.65. The van der Waals surface area contributed by atoms with Crippen molar-refractivity contribution in [3.63, 3.8) is 0 Å². The van der Waals surface area contributed by atoms with Crippen LogP contribution >= 0.6 is 23.1 Å². The molecule has 0 unspecified atom stereocenters. The molecule has 126 valence electrons. The summed E-state index contributed by atoms with van der Waals surface area (Å²) in [7, 11) is 0. The molecule has 0 bridgehead atoms. The monoisotopic (exact) mass is 360 g/mol. The number of aromatic nitrogens is 1. The highest BCUT2D eigenvalue weighted by molar-refractivity contribution is 7.99. The molecule has 1 saturated heterocycles. The Morgan fingerprint density at radius 1 is 1.38 bits per heavy atom. The average molecular weight is 361 g/mol. The standard InChI is InChI=1S/C18H20N2O2S2/c1-14-19-16(13-24-14)12-22-17-4-2-3-15(11-17)5-6-18(21)20-7-9-23-10-8-20/h2-6,11,13H,7-10,12H2,1H3. The zero-order chi connectivity index (χ0) is 16.8. The van der Waals surface area contributed by atoms with E-state index in [4.69, 9.17) is 4.74 Å². The van der Waals surface area contributed by atoms with Crippen molar-refractivity contribution in [2.75, 3.05) is 24.6 Å². The van der Waals surface area contributed by atoms with Crippen LogP contribution < -0.4 is 4.74 Å². The summed E-state index contributed by atoms with van der Waals surface area (Å²) in [5.74, 6) is 2.92. The number of carbonyl (C=O) groups is 1. The number of carbonyl (C=O) groups excluding carboxylic acids is 1. The second-order valence-corrected chi connectivity index (χ2v) is 7.78. The fraction of sp³-hybridized carbons (Fsp3) is 0.333. The van der Waals surface area contributed by atoms with Crippen LogP contribution in [0.25, 0.3) is 6.08 Å². The fourth-order valence-corrected chi connectivity index (χ4v) is 3.90. The van der Waals surface area contributed by atoms with E-state index in [1.165, 1.54) is 0 Å². The van der Waals surface area contributed by atoms with Gasteiger partial charge < -0.3 is 9.64 Å². The first-order chi connectivity index (χ1) is 11.7. The number of ether oxygens (including phenoxy) is 1. The summed E-state index contributed by atoms with van der Waals surface area (Å²) in [6, 6.07) is 7.76. The predicted octanol–water partition coefficient (Wildman–Crippen LogP) is 3.62. The van der Waals surface area contributed by atoms with E-state index < -0.39 is 0 Å². The van der Waals surface area contributed by atoms with Crippen LogP contribution in [0.1, 0.15) is 16.3 Å². The number of thioether (sulfide) groups is 1. The first-order valence-electron chi connectivity index (χ1n) is 7.89. The Hall–Kier alpha value is -1.79. The molecule has 1 aromatic carbocycles. The maximum Gasteiger partial charge on any atom is 0.246 e. The van der Waals surface area contributed by atoms with Crippen molar-refractivity contribution in [2.24, 2.45) is 0 Å². The molecule has 0 aliphatic carbocycles. The lowest BCUT2D eigenvalue weighted by Crippen LogP contribution is -2.36. The molecule has 24 heavy (non-hydrogen) atoms. The van der Waals surface area contributed by atoms with Gasteiger partial charge in [-0.05, 0) is 30.7 Å². The molecule has 6 heteroatoms. The molecule has 2 heterocycles. The SMILES string of the molecule is Cc1nc(COc2cccc(C=CC(=O)N3CCSCC3)c2)cs1. The number of amides is 1. The largest absolute Gasteiger partial charge is 0.487 e. The van der Waals surface area contributed by atoms with Gasteiger partial charge in [0.05, 0.1) is 10.7 Å². The van der Waals surface area contributed by atoms with E-state index in [0.717, 1.165) is 46.6 Å². The van der Waals surface area contributed by atoms with E-state index in [-0.39, 0.29) is 5.91 Å². The van der Waals surface area contributed by atoms with Gasteiger partial charge in [0.15, 0.2) is 0 Å². The van der Waals surface area contributed by atoms with Crippen molar-refractivity contribution in [3.05, 3.63) is 52.0 Å². The number of hydrogen-bond acceptors (Lipinski definition) is 5. The van der Waals surface area contributed by atoms with Crippen molar-refractivity contribution in [2.45, 2.75) is 13.5 Å². The Bertz CT molecular complexity index is 721. The normalized spacial score (nSPS) is 15.0. The van der Waals surface area contributed by atoms with Crippen LogP contribution in [-0.4, -0.2) is 40.4 Å². The average Bonchev–Trinajstić information content (AvgIpc) is 3.04. The van der Waals surface area contributed by atoms with Gasteiger partial charge in [-0.25, -0.2) is 4.98 Å². The highest BCUT2D eigenvalue weighted by Gasteiger charge is 2.13. The summed E-state index contributed by atoms with van der Waals surface area (Å²) in [6.45, 7) is 4.12. The Morgan fingerprint density at radius 2 is 2.21 bits per heavy atom. The van der Waals surface area contributed by atoms with Crippen LogP contribution in [-0.2, 0) is 11.4 Å². The number of thiazole rings is 1. The van der Waals surface area contributed by atoms with Gasteiger partial charge in [0.1, 0.15) is 12.4 Å². The first kappa shape index (κ1) is 17.0. The number of aryl methyl sites for hydroxylation is 1. The second-order valence-electron chi connectivity index (χ2n) is 5.49. The Kier molecular flexibility index (Phi) is 5.93. The van der Waals surface area contributed by atoms with Crippen LogP contribution in [0.15, 0.2) is 35.7 Å². The van der Waals surface area contributed by atoms with Gasteiger partial charge >= 0.3 is 0 Å². The minimum atomic E-state index is 0.0829. The lowest BCUT2D eigenvalue weighted by atomic mass is 10.2. The summed E-state index contributed by atoms with van der Waals surface area (Å²) in [5.41, 5.74) is 1.90. The summed E-state index contributed by atoms with van der Waals surface area (Å²) < 4.78 is 5.78. The molecule has 1 fully saturated rings. The minimum Gasteiger partial charge on any atom is -0.487 e. The van der Waals surface area contributed by atoms with Gasteiger partial charge in [-0.15, -0.1) is 11.3 Å². The van der Waals surface area contributed by atoms with Crippen LogP contribution in [0.5, 0.6) is 5.75 Å². The van der Waals surface area contributed by atoms with E-state index >= 15 is 0 Å². The zero-order valence-corrected chi connectivity index (χ0v) is 15.2. The van der Waals surface area contributed by atoms with Crippen molar-refractivity contribution in [1.82, 2.24) is 9.88 Å². The second kappa shape index (κ2) is 8.35. The van der Waals surface area contributed by atoms with E-state index in [1.807, 2.05) is 59.3 Å². The van der Waals surface area contributed by atoms with Crippen LogP contribution in [0.4, 0.5) is 0 Å². The van der Waals surface area contributed by atoms with Crippen LogP contribution in [0.3, 0.4) is 0 Å². The van der Waals surface area contributed by atoms with E-state index in [2.05, 4.69) is 4.98 Å². The Balaban J connectivity index is 1.58. The molecular weight excluding hydrogens is 340 g/mol. The van der Waals surface area contributed by atoms with Crippen molar-refractivity contribution in [3.8, 4) is 5.75 Å². The highest BCUT2D eigenvalue weighted by atomic mass is 32.2. The molecule has 1 aliphatic heterocycles. The van der Waals surface area contributed by atoms with Crippen LogP contribution in [0.2, 0.25) is 0 Å². The first-order valence-corrected chi connectivity index (χ1v) is 9.93. The maximum atomic E-state index is 12.2. The fourth-order valence-electron chi connectivity index (χ4n) is 2.40. The van der Waals surface area contributed by atoms with Gasteiger partial charge in [0.2, 0.25) is 5.91 Å². The number of hydrogen-bond donors (Lipinski definition) is 0. The number of rotatable bonds is 5. The topological polar surface area (TPSA) is 42.4 Å². The Morgan fingerprint density at radius 3 is 2.96 bits per heavy atom. The summed E-state index contributed by atoms with van der Waals surface area (Å²) in [5, 5.41) is 3.05. The van der Waals surface area contributed by atoms with Gasteiger partial charge in [-0.2, -0.15) is 11.8 Å². The number of nitrogens with zero attached hydrogens (tertiary/aromatic N) is 2. The van der Waals surface area contributed by atoms with Gasteiger partial charge in [0.25, 0.3) is 0 Å². The summed E-state index contributed by atoms with van der Waals surface area (Å²) >= 11 is 3.52. The van der Waals surface area contributed by atoms with Gasteiger partial charge in [-0.1, -0.05) is 12.1 Å². The molecular formula is C18H20N2O2S2. The van der Waals surface area contributed by atoms with E-state index in [1.54, 1.807) is 17.4 Å². The number of benzene rings is 1. The lowest BCUT2D eigenvalue weighted by molar-refractivity contribution is -0.125. The van der Waals surface area contributed by atoms with Crippen LogP contribution in [0, 0.1) is 6.92 Å². The molecule has 2 aromatic rings. The zero-order valence-electron chi connectivity index (χ0n) is 13.6.